The van der Waals surface area contributed by atoms with Crippen molar-refractivity contribution in [2.24, 2.45) is 0 Å². The van der Waals surface area contributed by atoms with Crippen molar-refractivity contribution in [3.05, 3.63) is 0 Å². The van der Waals surface area contributed by atoms with E-state index in [0.29, 0.717) is 0 Å². The minimum atomic E-state index is -0.0195. The van der Waals surface area contributed by atoms with E-state index < -0.39 is 0 Å². The van der Waals surface area contributed by atoms with E-state index in [1.54, 1.807) is 17.8 Å². The zero-order chi connectivity index (χ0) is 7.11. The van der Waals surface area contributed by atoms with E-state index in [1.165, 1.54) is 8.88 Å². The molecule has 0 unspecified atom stereocenters. The molecule has 7 heteroatoms. The maximum atomic E-state index is 5.06. The number of hydrogen-bond donors (Lipinski definition) is 0. The van der Waals surface area contributed by atoms with Crippen LogP contribution in [0.25, 0.3) is 0 Å². The van der Waals surface area contributed by atoms with Crippen LogP contribution in [0.1, 0.15) is 6.92 Å². The molecule has 0 amide bonds. The Balaban J connectivity index is 5.02. The summed E-state index contributed by atoms with van der Waals surface area (Å²) in [5.41, 5.74) is 0. The van der Waals surface area contributed by atoms with Crippen LogP contribution in [0.4, 0.5) is 0 Å². The molecule has 52 valence electrons. The SMILES string of the molecule is CCB=S(=S)=S=S=S=S. The van der Waals surface area contributed by atoms with Crippen LogP contribution in [-0.2, 0) is 56.5 Å². The Bertz CT molecular complexity index is 294. The summed E-state index contributed by atoms with van der Waals surface area (Å²) >= 11 is 9.71. The molecule has 0 aliphatic rings. The van der Waals surface area contributed by atoms with Gasteiger partial charge in [0, 0.05) is 0 Å². The van der Waals surface area contributed by atoms with Gasteiger partial charge in [-0.1, -0.05) is 0 Å². The first kappa shape index (κ1) is 10.4. The van der Waals surface area contributed by atoms with E-state index in [4.69, 9.17) is 11.2 Å². The van der Waals surface area contributed by atoms with Crippen molar-refractivity contribution in [3.8, 4) is 0 Å². The molecule has 0 fully saturated rings. The topological polar surface area (TPSA) is 0 Å². The van der Waals surface area contributed by atoms with Crippen LogP contribution in [0.3, 0.4) is 0 Å². The third kappa shape index (κ3) is 7.28. The standard InChI is InChI=1S/C2H5BS6/c1-2-3-9(5)8-7-6-4/h2H2,1H3. The Hall–Kier alpha value is 1.38. The maximum absolute atomic E-state index is 5.06. The Labute approximate surface area is 75.2 Å². The summed E-state index contributed by atoms with van der Waals surface area (Å²) in [6, 6.07) is 0. The van der Waals surface area contributed by atoms with Gasteiger partial charge < -0.3 is 0 Å². The first-order valence-electron chi connectivity index (χ1n) is 2.18. The van der Waals surface area contributed by atoms with Crippen LogP contribution in [0.15, 0.2) is 0 Å². The van der Waals surface area contributed by atoms with Crippen molar-refractivity contribution in [2.75, 3.05) is 0 Å². The molecule has 0 spiro atoms. The molecule has 0 atom stereocenters. The predicted octanol–water partition coefficient (Wildman–Crippen LogP) is 0.579. The Morgan fingerprint density at radius 2 is 2.33 bits per heavy atom. The van der Waals surface area contributed by atoms with Crippen LogP contribution in [0, 0.1) is 0 Å². The fourth-order valence-corrected chi connectivity index (χ4v) is 8.79. The van der Waals surface area contributed by atoms with Crippen molar-refractivity contribution < 1.29 is 0 Å². The molecule has 0 N–H and O–H groups in total. The van der Waals surface area contributed by atoms with Crippen molar-refractivity contribution >= 4 is 62.6 Å². The molecule has 0 nitrogen and oxygen atoms in total. The van der Waals surface area contributed by atoms with Crippen molar-refractivity contribution in [1.29, 1.82) is 0 Å². The van der Waals surface area contributed by atoms with Gasteiger partial charge in [0.05, 0.1) is 0 Å². The van der Waals surface area contributed by atoms with Gasteiger partial charge >= 0.3 is 75.9 Å². The molecule has 0 saturated heterocycles. The average molecular weight is 232 g/mol. The summed E-state index contributed by atoms with van der Waals surface area (Å²) in [7, 11) is 4.56. The predicted molar refractivity (Wildman–Crippen MR) is 60.4 cm³/mol. The second-order valence-electron chi connectivity index (χ2n) is 1.04. The van der Waals surface area contributed by atoms with Gasteiger partial charge in [-0.3, -0.25) is 0 Å². The van der Waals surface area contributed by atoms with Crippen molar-refractivity contribution in [3.63, 3.8) is 0 Å². The van der Waals surface area contributed by atoms with Crippen LogP contribution < -0.4 is 0 Å². The zero-order valence-electron chi connectivity index (χ0n) is 4.73. The third-order valence-electron chi connectivity index (χ3n) is 0.425. The molecule has 0 aliphatic carbocycles. The molecule has 0 aromatic heterocycles. The quantitative estimate of drug-likeness (QED) is 0.607. The first-order valence-corrected chi connectivity index (χ1v) is 9.32. The van der Waals surface area contributed by atoms with Gasteiger partial charge in [-0.05, 0) is 0 Å². The zero-order valence-corrected chi connectivity index (χ0v) is 9.63. The normalized spacial score (nSPS) is 7.22. The van der Waals surface area contributed by atoms with Crippen LogP contribution in [0.2, 0.25) is 6.32 Å². The molecule has 0 aromatic rings. The number of rotatable bonds is 1. The summed E-state index contributed by atoms with van der Waals surface area (Å²) in [5.74, 6) is 0. The Kier molecular flexibility index (Phi) is 8.64. The molecular formula is C2H5BS6. The molecule has 0 saturated carbocycles. The van der Waals surface area contributed by atoms with E-state index >= 15 is 0 Å². The molecule has 0 radical (unpaired) electrons. The van der Waals surface area contributed by atoms with Gasteiger partial charge in [0.1, 0.15) is 0 Å². The minimum absolute atomic E-state index is 0.0195. The van der Waals surface area contributed by atoms with Gasteiger partial charge in [0.25, 0.3) is 0 Å². The van der Waals surface area contributed by atoms with E-state index in [0.717, 1.165) is 6.32 Å². The van der Waals surface area contributed by atoms with Crippen LogP contribution in [0.5, 0.6) is 0 Å². The van der Waals surface area contributed by atoms with E-state index in [2.05, 4.69) is 24.3 Å². The second kappa shape index (κ2) is 7.49. The monoisotopic (exact) mass is 232 g/mol. The first-order chi connectivity index (χ1) is 4.31. The molecular weight excluding hydrogens is 227 g/mol. The van der Waals surface area contributed by atoms with E-state index in [-0.39, 0.29) is 7.44 Å². The molecule has 9 heavy (non-hydrogen) atoms. The van der Waals surface area contributed by atoms with Gasteiger partial charge in [0.15, 0.2) is 0 Å². The van der Waals surface area contributed by atoms with Crippen LogP contribution in [-0.4, -0.2) is 6.15 Å². The van der Waals surface area contributed by atoms with E-state index in [1.807, 2.05) is 0 Å². The van der Waals surface area contributed by atoms with Gasteiger partial charge in [-0.25, -0.2) is 0 Å². The Morgan fingerprint density at radius 1 is 1.67 bits per heavy atom. The van der Waals surface area contributed by atoms with Crippen molar-refractivity contribution in [1.82, 2.24) is 0 Å². The molecule has 0 heterocycles. The molecule has 0 bridgehead atoms. The van der Waals surface area contributed by atoms with E-state index in [9.17, 15) is 0 Å². The summed E-state index contributed by atoms with van der Waals surface area (Å²) < 4.78 is 0. The summed E-state index contributed by atoms with van der Waals surface area (Å²) in [6.07, 6.45) is 3.18. The van der Waals surface area contributed by atoms with Gasteiger partial charge in [0.2, 0.25) is 0 Å². The average Bonchev–Trinajstić information content (AvgIpc) is 1.85. The van der Waals surface area contributed by atoms with Crippen LogP contribution >= 0.6 is 0 Å². The van der Waals surface area contributed by atoms with Crippen molar-refractivity contribution in [2.45, 2.75) is 13.2 Å². The third-order valence-corrected chi connectivity index (χ3v) is 9.54. The van der Waals surface area contributed by atoms with Gasteiger partial charge in [-0.15, -0.1) is 0 Å². The number of hydrogen-bond acceptors (Lipinski definition) is 2. The summed E-state index contributed by atoms with van der Waals surface area (Å²) in [4.78, 5) is 0. The summed E-state index contributed by atoms with van der Waals surface area (Å²) in [5, 5.41) is 0. The van der Waals surface area contributed by atoms with Gasteiger partial charge in [-0.2, -0.15) is 0 Å². The second-order valence-corrected chi connectivity index (χ2v) is 9.99. The fourth-order valence-electron chi connectivity index (χ4n) is 0.203. The molecule has 0 rings (SSSR count). The Morgan fingerprint density at radius 3 is 2.78 bits per heavy atom. The molecule has 0 aliphatic heterocycles. The molecule has 0 aromatic carbocycles. The fraction of sp³-hybridized carbons (Fsp3) is 1.00. The summed E-state index contributed by atoms with van der Waals surface area (Å²) in [6.45, 7) is 2.10.